The molecule has 0 saturated heterocycles. The number of hydrogen-bond acceptors (Lipinski definition) is 3. The Labute approximate surface area is 61.0 Å². The molecular weight excluding hydrogens is 240 g/mol. The van der Waals surface area contributed by atoms with E-state index < -0.39 is 17.2 Å². The zero-order valence-corrected chi connectivity index (χ0v) is 6.64. The van der Waals surface area contributed by atoms with Crippen LogP contribution < -0.4 is 0 Å². The average molecular weight is 252 g/mol. The van der Waals surface area contributed by atoms with Crippen LogP contribution in [0.1, 0.15) is 0 Å². The molecule has 0 bridgehead atoms. The fourth-order valence-electron chi connectivity index (χ4n) is 0. The average Bonchev–Trinajstić information content (AvgIpc) is 0.811. The van der Waals surface area contributed by atoms with Crippen LogP contribution in [0.4, 0.5) is 0 Å². The van der Waals surface area contributed by atoms with Gasteiger partial charge in [0, 0.05) is 0 Å². The van der Waals surface area contributed by atoms with Crippen molar-refractivity contribution in [3.8, 4) is 0 Å². The van der Waals surface area contributed by atoms with Gasteiger partial charge in [0.05, 0.1) is 0 Å². The molecule has 0 fully saturated rings. The minimum absolute atomic E-state index is 0. The molecule has 0 unspecified atom stereocenters. The summed E-state index contributed by atoms with van der Waals surface area (Å²) in [5, 5.41) is 0. The van der Waals surface area contributed by atoms with Crippen LogP contribution in [0.3, 0.4) is 0 Å². The van der Waals surface area contributed by atoms with Crippen molar-refractivity contribution in [3.63, 3.8) is 0 Å². The van der Waals surface area contributed by atoms with Gasteiger partial charge >= 0.3 is 27.4 Å². The summed E-state index contributed by atoms with van der Waals surface area (Å²) in [5.74, 6) is 0. The Hall–Kier alpha value is -0.152. The van der Waals surface area contributed by atoms with E-state index in [4.69, 9.17) is 10.2 Å². The summed E-state index contributed by atoms with van der Waals surface area (Å²) in [6.07, 6.45) is 0. The Morgan fingerprint density at radius 1 is 0.500 bits per heavy atom. The first kappa shape index (κ1) is 95.0. The van der Waals surface area contributed by atoms with Gasteiger partial charge in [-0.05, 0) is 0 Å². The Morgan fingerprint density at radius 3 is 0.500 bits per heavy atom. The molecule has 12 N–H and O–H groups in total. The Morgan fingerprint density at radius 2 is 0.500 bits per heavy atom. The number of hydrogen-bond donors (Lipinski definition) is 0. The molecule has 0 aromatic heterocycles. The molecule has 0 radical (unpaired) electrons. The van der Waals surface area contributed by atoms with Gasteiger partial charge in [-0.2, -0.15) is 0 Å². The van der Waals surface area contributed by atoms with Gasteiger partial charge in [0.2, 0.25) is 0 Å². The maximum absolute atomic E-state index is 8.59. The van der Waals surface area contributed by atoms with Crippen molar-refractivity contribution in [1.82, 2.24) is 0 Å². The van der Waals surface area contributed by atoms with Crippen LogP contribution in [-0.4, -0.2) is 32.9 Å². The van der Waals surface area contributed by atoms with E-state index in [0.29, 0.717) is 0 Å². The van der Waals surface area contributed by atoms with Crippen LogP contribution in [-0.2, 0) is 27.4 Å². The van der Waals surface area contributed by atoms with Gasteiger partial charge < -0.3 is 32.9 Å². The first-order valence-electron chi connectivity index (χ1n) is 0.500. The second kappa shape index (κ2) is 67.2. The molecule has 0 aromatic carbocycles. The van der Waals surface area contributed by atoms with E-state index >= 15 is 0 Å². The van der Waals surface area contributed by atoms with Gasteiger partial charge in [-0.3, -0.25) is 0 Å². The van der Waals surface area contributed by atoms with Crippen molar-refractivity contribution < 1.29 is 60.3 Å². The van der Waals surface area contributed by atoms with Crippen molar-refractivity contribution in [3.05, 3.63) is 0 Å². The topological polar surface area (TPSA) is 240 Å². The summed E-state index contributed by atoms with van der Waals surface area (Å²) < 4.78 is 25.8. The summed E-state index contributed by atoms with van der Waals surface area (Å²) in [7, 11) is 0. The predicted molar refractivity (Wildman–Crippen MR) is 23.7 cm³/mol. The Balaban J connectivity index is -0.00000000300. The first-order chi connectivity index (χ1) is 1.73. The molecule has 0 saturated carbocycles. The normalized spacial score (nSPS) is 2.40. The van der Waals surface area contributed by atoms with Crippen LogP contribution in [0.15, 0.2) is 0 Å². The van der Waals surface area contributed by atoms with Gasteiger partial charge in [0.25, 0.3) is 0 Å². The molecule has 0 heterocycles. The number of rotatable bonds is 0. The van der Waals surface area contributed by atoms with Crippen LogP contribution in [0, 0.1) is 0 Å². The third kappa shape index (κ3) is 16000. The Kier molecular flexibility index (Phi) is 638. The second-order valence-electron chi connectivity index (χ2n) is 0.204. The molecule has 0 atom stereocenters. The second-order valence-corrected chi connectivity index (χ2v) is 1.21. The summed E-state index contributed by atoms with van der Waals surface area (Å²) in [6, 6.07) is 0. The quantitative estimate of drug-likeness (QED) is 0.383. The maximum atomic E-state index is 8.59. The SMILES string of the molecule is O.O.O.O.O.O.[O]=[Mo](=[O])=[O]. The van der Waals surface area contributed by atoms with Crippen molar-refractivity contribution in [2.45, 2.75) is 0 Å². The van der Waals surface area contributed by atoms with Gasteiger partial charge in [-0.15, -0.1) is 0 Å². The van der Waals surface area contributed by atoms with Crippen molar-refractivity contribution >= 4 is 0 Å². The van der Waals surface area contributed by atoms with E-state index in [1.807, 2.05) is 0 Å². The van der Waals surface area contributed by atoms with E-state index in [0.717, 1.165) is 0 Å². The molecule has 0 aliphatic heterocycles. The molecule has 10 heteroatoms. The monoisotopic (exact) mass is 254 g/mol. The fourth-order valence-corrected chi connectivity index (χ4v) is 0. The minimum atomic E-state index is -4.11. The van der Waals surface area contributed by atoms with E-state index in [2.05, 4.69) is 0 Å². The van der Waals surface area contributed by atoms with Crippen LogP contribution >= 0.6 is 0 Å². The molecule has 0 spiro atoms. The fraction of sp³-hybridized carbons (Fsp3) is 0. The summed E-state index contributed by atoms with van der Waals surface area (Å²) in [5.41, 5.74) is 0. The zero-order valence-electron chi connectivity index (χ0n) is 4.63. The Bertz CT molecular complexity index is 74.1. The van der Waals surface area contributed by atoms with E-state index in [9.17, 15) is 0 Å². The van der Waals surface area contributed by atoms with Gasteiger partial charge in [0.15, 0.2) is 0 Å². The molecule has 0 aromatic rings. The summed E-state index contributed by atoms with van der Waals surface area (Å²) >= 11 is -4.11. The standard InChI is InChI=1S/Mo.6H2O.3O/h;6*1H2;;;. The third-order valence-electron chi connectivity index (χ3n) is 0. The van der Waals surface area contributed by atoms with Crippen molar-refractivity contribution in [2.75, 3.05) is 0 Å². The molecule has 9 nitrogen and oxygen atoms in total. The van der Waals surface area contributed by atoms with Crippen molar-refractivity contribution in [2.24, 2.45) is 0 Å². The van der Waals surface area contributed by atoms with E-state index in [1.165, 1.54) is 0 Å². The zero-order chi connectivity index (χ0) is 3.58. The summed E-state index contributed by atoms with van der Waals surface area (Å²) in [6.45, 7) is 0. The molecule has 72 valence electrons. The first-order valence-corrected chi connectivity index (χ1v) is 2.96. The predicted octanol–water partition coefficient (Wildman–Crippen LogP) is -5.31. The molecule has 10 heavy (non-hydrogen) atoms. The molecule has 0 aliphatic carbocycles. The van der Waals surface area contributed by atoms with Gasteiger partial charge in [-0.1, -0.05) is 0 Å². The van der Waals surface area contributed by atoms with Crippen LogP contribution in [0.2, 0.25) is 0 Å². The third-order valence-corrected chi connectivity index (χ3v) is 0. The molecule has 0 rings (SSSR count). The molecule has 0 aliphatic rings. The van der Waals surface area contributed by atoms with Crippen molar-refractivity contribution in [1.29, 1.82) is 0 Å². The van der Waals surface area contributed by atoms with E-state index in [1.54, 1.807) is 0 Å². The van der Waals surface area contributed by atoms with Crippen LogP contribution in [0.25, 0.3) is 0 Å². The van der Waals surface area contributed by atoms with Crippen LogP contribution in [0.5, 0.6) is 0 Å². The van der Waals surface area contributed by atoms with Gasteiger partial charge in [0.1, 0.15) is 0 Å². The molecular formula is H12MoO9. The summed E-state index contributed by atoms with van der Waals surface area (Å²) in [4.78, 5) is 0. The van der Waals surface area contributed by atoms with Gasteiger partial charge in [-0.25, -0.2) is 0 Å². The molecule has 0 amide bonds. The van der Waals surface area contributed by atoms with E-state index in [-0.39, 0.29) is 32.9 Å².